The first-order valence-electron chi connectivity index (χ1n) is 8.52. The van der Waals surface area contributed by atoms with Gasteiger partial charge in [0.25, 0.3) is 0 Å². The van der Waals surface area contributed by atoms with E-state index in [9.17, 15) is 23.4 Å². The molecule has 0 aromatic heterocycles. The van der Waals surface area contributed by atoms with E-state index in [-0.39, 0.29) is 29.9 Å². The number of aliphatic hydroxyl groups excluding tert-OH is 2. The maximum atomic E-state index is 14.3. The minimum Gasteiger partial charge on any atom is -0.396 e. The van der Waals surface area contributed by atoms with Gasteiger partial charge >= 0.3 is 0 Å². The van der Waals surface area contributed by atoms with Crippen LogP contribution in [0.25, 0.3) is 22.3 Å². The van der Waals surface area contributed by atoms with Crippen LogP contribution in [-0.4, -0.2) is 23.4 Å². The van der Waals surface area contributed by atoms with Crippen molar-refractivity contribution in [3.8, 4) is 22.3 Å². The third kappa shape index (κ3) is 3.75. The van der Waals surface area contributed by atoms with Crippen LogP contribution in [0.15, 0.2) is 54.6 Å². The van der Waals surface area contributed by atoms with Gasteiger partial charge in [-0.3, -0.25) is 0 Å². The molecule has 0 atom stereocenters. The van der Waals surface area contributed by atoms with Crippen molar-refractivity contribution < 1.29 is 23.4 Å². The highest BCUT2D eigenvalue weighted by atomic mass is 19.2. The quantitative estimate of drug-likeness (QED) is 0.674. The summed E-state index contributed by atoms with van der Waals surface area (Å²) >= 11 is 0. The zero-order chi connectivity index (χ0) is 19.6. The second-order valence-electron chi connectivity index (χ2n) is 6.43. The molecule has 3 rings (SSSR count). The van der Waals surface area contributed by atoms with Crippen LogP contribution in [0.1, 0.15) is 17.0 Å². The number of hydrogen-bond acceptors (Lipinski definition) is 2. The van der Waals surface area contributed by atoms with Crippen molar-refractivity contribution in [2.45, 2.75) is 12.8 Å². The fourth-order valence-corrected chi connectivity index (χ4v) is 3.00. The summed E-state index contributed by atoms with van der Waals surface area (Å²) in [5.41, 5.74) is 2.49. The Morgan fingerprint density at radius 1 is 0.741 bits per heavy atom. The van der Waals surface area contributed by atoms with E-state index in [4.69, 9.17) is 0 Å². The van der Waals surface area contributed by atoms with Crippen LogP contribution in [0.3, 0.4) is 0 Å². The average Bonchev–Trinajstić information content (AvgIpc) is 2.68. The smallest absolute Gasteiger partial charge is 0.166 e. The van der Waals surface area contributed by atoms with Crippen molar-refractivity contribution in [3.63, 3.8) is 0 Å². The molecule has 3 aromatic rings. The largest absolute Gasteiger partial charge is 0.396 e. The minimum atomic E-state index is -0.891. The van der Waals surface area contributed by atoms with Crippen molar-refractivity contribution in [3.05, 3.63) is 83.2 Å². The van der Waals surface area contributed by atoms with Crippen molar-refractivity contribution >= 4 is 0 Å². The number of hydrogen-bond donors (Lipinski definition) is 2. The molecule has 0 spiro atoms. The van der Waals surface area contributed by atoms with E-state index in [0.29, 0.717) is 16.7 Å². The highest BCUT2D eigenvalue weighted by Gasteiger charge is 2.15. The molecule has 2 N–H and O–H groups in total. The highest BCUT2D eigenvalue weighted by Crippen LogP contribution is 2.30. The Kier molecular flexibility index (Phi) is 5.63. The zero-order valence-corrected chi connectivity index (χ0v) is 14.7. The molecule has 0 fully saturated rings. The van der Waals surface area contributed by atoms with Gasteiger partial charge in [0.05, 0.1) is 13.2 Å². The van der Waals surface area contributed by atoms with Crippen LogP contribution in [0.4, 0.5) is 13.2 Å². The first-order valence-corrected chi connectivity index (χ1v) is 8.52. The number of aryl methyl sites for hydroxylation is 1. The third-order valence-corrected chi connectivity index (χ3v) is 4.69. The molecule has 140 valence electrons. The van der Waals surface area contributed by atoms with Gasteiger partial charge in [0.1, 0.15) is 5.82 Å². The Morgan fingerprint density at radius 3 is 1.93 bits per heavy atom. The molecular formula is C22H19F3O2. The Bertz CT molecular complexity index is 949. The first-order chi connectivity index (χ1) is 13.0. The van der Waals surface area contributed by atoms with E-state index in [1.54, 1.807) is 30.3 Å². The lowest BCUT2D eigenvalue weighted by Gasteiger charge is -2.13. The molecule has 0 radical (unpaired) electrons. The second kappa shape index (κ2) is 7.94. The third-order valence-electron chi connectivity index (χ3n) is 4.69. The maximum absolute atomic E-state index is 14.3. The summed E-state index contributed by atoms with van der Waals surface area (Å²) in [5, 5.41) is 18.4. The van der Waals surface area contributed by atoms with Gasteiger partial charge in [0.15, 0.2) is 11.6 Å². The lowest BCUT2D eigenvalue weighted by molar-refractivity contribution is 0.190. The Hall–Kier alpha value is -2.63. The van der Waals surface area contributed by atoms with Gasteiger partial charge in [-0.25, -0.2) is 13.2 Å². The average molecular weight is 372 g/mol. The highest BCUT2D eigenvalue weighted by molar-refractivity contribution is 5.71. The molecule has 0 saturated heterocycles. The van der Waals surface area contributed by atoms with Crippen molar-refractivity contribution in [1.82, 2.24) is 0 Å². The molecule has 27 heavy (non-hydrogen) atoms. The molecule has 0 bridgehead atoms. The van der Waals surface area contributed by atoms with Gasteiger partial charge in [-0.15, -0.1) is 0 Å². The van der Waals surface area contributed by atoms with Gasteiger partial charge in [0, 0.05) is 11.5 Å². The molecule has 0 saturated carbocycles. The van der Waals surface area contributed by atoms with Gasteiger partial charge < -0.3 is 10.2 Å². The summed E-state index contributed by atoms with van der Waals surface area (Å²) in [6, 6.07) is 14.3. The van der Waals surface area contributed by atoms with Crippen molar-refractivity contribution in [1.29, 1.82) is 0 Å². The molecule has 5 heteroatoms. The number of rotatable bonds is 5. The summed E-state index contributed by atoms with van der Waals surface area (Å²) in [6.07, 6.45) is 0. The molecule has 0 heterocycles. The number of halogens is 3. The number of aliphatic hydroxyl groups is 2. The molecular weight excluding hydrogens is 353 g/mol. The molecule has 0 unspecified atom stereocenters. The fraction of sp³-hybridized carbons (Fsp3) is 0.182. The Morgan fingerprint density at radius 2 is 1.33 bits per heavy atom. The molecule has 0 aliphatic carbocycles. The Balaban J connectivity index is 1.92. The van der Waals surface area contributed by atoms with Crippen LogP contribution >= 0.6 is 0 Å². The predicted molar refractivity (Wildman–Crippen MR) is 98.8 cm³/mol. The molecule has 0 aliphatic heterocycles. The first kappa shape index (κ1) is 19.1. The van der Waals surface area contributed by atoms with E-state index in [2.05, 4.69) is 0 Å². The van der Waals surface area contributed by atoms with Gasteiger partial charge in [-0.05, 0) is 40.8 Å². The van der Waals surface area contributed by atoms with Crippen LogP contribution in [0, 0.1) is 24.4 Å². The van der Waals surface area contributed by atoms with Crippen LogP contribution in [0.5, 0.6) is 0 Å². The van der Waals surface area contributed by atoms with Gasteiger partial charge in [0.2, 0.25) is 0 Å². The number of benzene rings is 3. The van der Waals surface area contributed by atoms with E-state index >= 15 is 0 Å². The van der Waals surface area contributed by atoms with Crippen molar-refractivity contribution in [2.24, 2.45) is 0 Å². The van der Waals surface area contributed by atoms with Crippen LogP contribution in [0.2, 0.25) is 0 Å². The van der Waals surface area contributed by atoms with Crippen LogP contribution < -0.4 is 0 Å². The predicted octanol–water partition coefficient (Wildman–Crippen LogP) is 4.81. The summed E-state index contributed by atoms with van der Waals surface area (Å²) in [5.74, 6) is -2.94. The Labute approximate surface area is 155 Å². The monoisotopic (exact) mass is 372 g/mol. The molecule has 2 nitrogen and oxygen atoms in total. The zero-order valence-electron chi connectivity index (χ0n) is 14.7. The normalized spacial score (nSPS) is 11.2. The summed E-state index contributed by atoms with van der Waals surface area (Å²) in [4.78, 5) is 0. The fourth-order valence-electron chi connectivity index (χ4n) is 3.00. The van der Waals surface area contributed by atoms with Crippen LogP contribution in [-0.2, 0) is 0 Å². The SMILES string of the molecule is Cc1ccc(-c2ccc(-c3ccc(C(CO)CO)c(F)c3)cc2)c(F)c1F. The topological polar surface area (TPSA) is 40.5 Å². The minimum absolute atomic E-state index is 0.167. The molecule has 0 aliphatic rings. The van der Waals surface area contributed by atoms with E-state index in [0.717, 1.165) is 0 Å². The van der Waals surface area contributed by atoms with Gasteiger partial charge in [-0.2, -0.15) is 0 Å². The maximum Gasteiger partial charge on any atom is 0.166 e. The lowest BCUT2D eigenvalue weighted by atomic mass is 9.95. The second-order valence-corrected chi connectivity index (χ2v) is 6.43. The van der Waals surface area contributed by atoms with E-state index in [1.165, 1.54) is 31.2 Å². The van der Waals surface area contributed by atoms with Crippen molar-refractivity contribution in [2.75, 3.05) is 13.2 Å². The summed E-state index contributed by atoms with van der Waals surface area (Å²) in [6.45, 7) is 0.807. The van der Waals surface area contributed by atoms with Gasteiger partial charge in [-0.1, -0.05) is 48.5 Å². The molecule has 3 aromatic carbocycles. The lowest BCUT2D eigenvalue weighted by Crippen LogP contribution is -2.10. The van der Waals surface area contributed by atoms with E-state index < -0.39 is 23.4 Å². The molecule has 0 amide bonds. The standard InChI is InChI=1S/C22H19F3O2/c1-13-2-8-19(22(25)21(13)24)15-5-3-14(4-6-15)16-7-9-18(20(23)10-16)17(11-26)12-27/h2-10,17,26-27H,11-12H2,1H3. The summed E-state index contributed by atoms with van der Waals surface area (Å²) in [7, 11) is 0. The summed E-state index contributed by atoms with van der Waals surface area (Å²) < 4.78 is 42.2. The van der Waals surface area contributed by atoms with E-state index in [1.807, 2.05) is 0 Å².